The van der Waals surface area contributed by atoms with Gasteiger partial charge in [-0.2, -0.15) is 4.98 Å². The summed E-state index contributed by atoms with van der Waals surface area (Å²) in [6.07, 6.45) is 0. The molecule has 202 valence electrons. The third-order valence-electron chi connectivity index (χ3n) is 6.50. The molecule has 3 aromatic carbocycles. The third-order valence-corrected chi connectivity index (χ3v) is 7.82. The normalized spacial score (nSPS) is 13.9. The van der Waals surface area contributed by atoms with E-state index in [9.17, 15) is 8.42 Å². The van der Waals surface area contributed by atoms with Crippen LogP contribution in [0.1, 0.15) is 25.3 Å². The molecule has 39 heavy (non-hydrogen) atoms. The lowest BCUT2D eigenvalue weighted by molar-refractivity contribution is 0.463. The van der Waals surface area contributed by atoms with E-state index in [1.165, 1.54) is 12.1 Å². The Kier molecular flexibility index (Phi) is 7.67. The third kappa shape index (κ3) is 6.30. The summed E-state index contributed by atoms with van der Waals surface area (Å²) in [5.74, 6) is 0.936. The van der Waals surface area contributed by atoms with Crippen molar-refractivity contribution in [1.29, 1.82) is 0 Å². The number of nitrogens with zero attached hydrogens (tertiary/aromatic N) is 3. The maximum atomic E-state index is 13.1. The Bertz CT molecular complexity index is 1550. The summed E-state index contributed by atoms with van der Waals surface area (Å²) < 4.78 is 34.9. The molecule has 1 aliphatic rings. The molecule has 0 atom stereocenters. The van der Waals surface area contributed by atoms with E-state index in [0.717, 1.165) is 43.0 Å². The van der Waals surface area contributed by atoms with Crippen molar-refractivity contribution in [2.75, 3.05) is 41.5 Å². The van der Waals surface area contributed by atoms with Crippen molar-refractivity contribution in [3.05, 3.63) is 84.4 Å². The highest BCUT2D eigenvalue weighted by atomic mass is 32.2. The monoisotopic (exact) mass is 544 g/mol. The Balaban J connectivity index is 1.50. The van der Waals surface area contributed by atoms with Crippen molar-refractivity contribution in [1.82, 2.24) is 15.3 Å². The number of anilines is 3. The first-order chi connectivity index (χ1) is 18.8. The molecule has 10 heteroatoms. The van der Waals surface area contributed by atoms with E-state index in [0.29, 0.717) is 17.1 Å². The topological polar surface area (TPSA) is 122 Å². The second-order valence-corrected chi connectivity index (χ2v) is 11.4. The lowest BCUT2D eigenvalue weighted by atomic mass is 9.95. The number of nitrogens with two attached hydrogens (primary N) is 1. The first kappa shape index (κ1) is 26.5. The fourth-order valence-electron chi connectivity index (χ4n) is 4.52. The molecule has 0 amide bonds. The Hall–Kier alpha value is -4.15. The van der Waals surface area contributed by atoms with Gasteiger partial charge in [0.1, 0.15) is 5.75 Å². The number of hydrogen-bond acceptors (Lipinski definition) is 8. The van der Waals surface area contributed by atoms with Crippen molar-refractivity contribution in [2.45, 2.75) is 24.7 Å². The molecule has 2 heterocycles. The average molecular weight is 545 g/mol. The van der Waals surface area contributed by atoms with Gasteiger partial charge in [0.2, 0.25) is 11.8 Å². The van der Waals surface area contributed by atoms with Crippen LogP contribution in [-0.4, -0.2) is 44.6 Å². The lowest BCUT2D eigenvalue weighted by Crippen LogP contribution is -2.43. The molecular weight excluding hydrogens is 512 g/mol. The van der Waals surface area contributed by atoms with Crippen molar-refractivity contribution in [3.63, 3.8) is 0 Å². The van der Waals surface area contributed by atoms with E-state index in [2.05, 4.69) is 38.8 Å². The summed E-state index contributed by atoms with van der Waals surface area (Å²) in [6.45, 7) is 7.99. The predicted molar refractivity (Wildman–Crippen MR) is 155 cm³/mol. The molecule has 4 aromatic rings. The Morgan fingerprint density at radius 2 is 1.69 bits per heavy atom. The number of nitrogen functional groups attached to an aromatic ring is 1. The number of nitrogens with one attached hydrogen (secondary N) is 2. The molecule has 0 aliphatic carbocycles. The summed E-state index contributed by atoms with van der Waals surface area (Å²) in [4.78, 5) is 11.3. The van der Waals surface area contributed by atoms with Crippen LogP contribution in [0.5, 0.6) is 11.6 Å². The fraction of sp³-hybridized carbons (Fsp3) is 0.241. The van der Waals surface area contributed by atoms with Crippen LogP contribution in [0.25, 0.3) is 11.3 Å². The summed E-state index contributed by atoms with van der Waals surface area (Å²) in [6, 6.07) is 23.5. The quantitative estimate of drug-likeness (QED) is 0.269. The van der Waals surface area contributed by atoms with Gasteiger partial charge in [0.15, 0.2) is 0 Å². The van der Waals surface area contributed by atoms with Crippen LogP contribution in [0.4, 0.5) is 17.3 Å². The molecule has 0 bridgehead atoms. The molecule has 1 saturated heterocycles. The number of aromatic nitrogens is 2. The first-order valence-corrected chi connectivity index (χ1v) is 14.4. The minimum absolute atomic E-state index is 0.0186. The molecule has 9 nitrogen and oxygen atoms in total. The zero-order chi connectivity index (χ0) is 27.4. The van der Waals surface area contributed by atoms with Gasteiger partial charge in [-0.3, -0.25) is 0 Å². The summed E-state index contributed by atoms with van der Waals surface area (Å²) in [5.41, 5.74) is 9.77. The van der Waals surface area contributed by atoms with E-state index in [1.54, 1.807) is 18.2 Å². The number of hydrogen-bond donors (Lipinski definition) is 3. The Morgan fingerprint density at radius 1 is 0.949 bits per heavy atom. The van der Waals surface area contributed by atoms with Crippen molar-refractivity contribution < 1.29 is 13.2 Å². The van der Waals surface area contributed by atoms with Crippen LogP contribution >= 0.6 is 0 Å². The molecular formula is C29H32N6O3S. The first-order valence-electron chi connectivity index (χ1n) is 12.9. The van der Waals surface area contributed by atoms with Gasteiger partial charge < -0.3 is 20.7 Å². The van der Waals surface area contributed by atoms with Gasteiger partial charge in [0, 0.05) is 49.2 Å². The minimum Gasteiger partial charge on any atom is -0.439 e. The zero-order valence-electron chi connectivity index (χ0n) is 22.0. The van der Waals surface area contributed by atoms with Gasteiger partial charge in [0.25, 0.3) is 10.0 Å². The highest BCUT2D eigenvalue weighted by Gasteiger charge is 2.19. The van der Waals surface area contributed by atoms with Gasteiger partial charge in [-0.15, -0.1) is 0 Å². The number of piperazine rings is 1. The number of benzene rings is 3. The molecule has 1 aliphatic heterocycles. The highest BCUT2D eigenvalue weighted by Crippen LogP contribution is 2.32. The summed E-state index contributed by atoms with van der Waals surface area (Å²) >= 11 is 0. The summed E-state index contributed by atoms with van der Waals surface area (Å²) in [7, 11) is -3.99. The molecule has 0 spiro atoms. The number of rotatable bonds is 8. The van der Waals surface area contributed by atoms with E-state index < -0.39 is 10.0 Å². The standard InChI is InChI=1S/C29H32N6O3S/c1-20(2)25-8-3-4-9-26(25)27-19-28(38-23-12-10-22(11-13-23)35-16-14-31-15-17-35)33-29(32-27)34-39(36,37)24-7-5-6-21(30)18-24/h3-13,18-20,31H,14-17,30H2,1-2H3,(H,32,33,34). The van der Waals surface area contributed by atoms with E-state index in [4.69, 9.17) is 10.5 Å². The van der Waals surface area contributed by atoms with Crippen LogP contribution < -0.4 is 25.4 Å². The van der Waals surface area contributed by atoms with Crippen molar-refractivity contribution in [2.24, 2.45) is 0 Å². The zero-order valence-corrected chi connectivity index (χ0v) is 22.8. The summed E-state index contributed by atoms with van der Waals surface area (Å²) in [5, 5.41) is 3.36. The van der Waals surface area contributed by atoms with Gasteiger partial charge in [-0.05, 0) is 53.9 Å². The predicted octanol–water partition coefficient (Wildman–Crippen LogP) is 4.85. The largest absolute Gasteiger partial charge is 0.439 e. The van der Waals surface area contributed by atoms with Gasteiger partial charge in [-0.1, -0.05) is 44.2 Å². The van der Waals surface area contributed by atoms with Crippen LogP contribution in [0, 0.1) is 0 Å². The Labute approximate surface area is 229 Å². The van der Waals surface area contributed by atoms with Gasteiger partial charge in [-0.25, -0.2) is 18.1 Å². The molecule has 1 fully saturated rings. The smallest absolute Gasteiger partial charge is 0.264 e. The molecule has 0 radical (unpaired) electrons. The molecule has 0 saturated carbocycles. The Morgan fingerprint density at radius 3 is 2.41 bits per heavy atom. The molecule has 4 N–H and O–H groups in total. The van der Waals surface area contributed by atoms with E-state index >= 15 is 0 Å². The number of sulfonamides is 1. The van der Waals surface area contributed by atoms with Crippen LogP contribution in [-0.2, 0) is 10.0 Å². The second kappa shape index (κ2) is 11.3. The number of ether oxygens (including phenoxy) is 1. The molecule has 1 aromatic heterocycles. The minimum atomic E-state index is -3.99. The van der Waals surface area contributed by atoms with Crippen LogP contribution in [0.3, 0.4) is 0 Å². The van der Waals surface area contributed by atoms with E-state index in [1.807, 2.05) is 48.5 Å². The van der Waals surface area contributed by atoms with Gasteiger partial charge >= 0.3 is 0 Å². The van der Waals surface area contributed by atoms with Gasteiger partial charge in [0.05, 0.1) is 10.6 Å². The van der Waals surface area contributed by atoms with E-state index in [-0.39, 0.29) is 22.6 Å². The van der Waals surface area contributed by atoms with Crippen molar-refractivity contribution in [3.8, 4) is 22.9 Å². The van der Waals surface area contributed by atoms with Crippen LogP contribution in [0.2, 0.25) is 0 Å². The molecule has 0 unspecified atom stereocenters. The average Bonchev–Trinajstić information content (AvgIpc) is 2.93. The second-order valence-electron chi connectivity index (χ2n) is 9.67. The highest BCUT2D eigenvalue weighted by molar-refractivity contribution is 7.92. The molecule has 5 rings (SSSR count). The fourth-order valence-corrected chi connectivity index (χ4v) is 5.52. The maximum Gasteiger partial charge on any atom is 0.264 e. The maximum absolute atomic E-state index is 13.1. The lowest BCUT2D eigenvalue weighted by Gasteiger charge is -2.29. The van der Waals surface area contributed by atoms with Crippen LogP contribution in [0.15, 0.2) is 83.8 Å². The SMILES string of the molecule is CC(C)c1ccccc1-c1cc(Oc2ccc(N3CCNCC3)cc2)nc(NS(=O)(=O)c2cccc(N)c2)n1. The van der Waals surface area contributed by atoms with Crippen molar-refractivity contribution >= 4 is 27.3 Å².